The second-order valence-electron chi connectivity index (χ2n) is 5.66. The van der Waals surface area contributed by atoms with Gasteiger partial charge in [-0.05, 0) is 49.9 Å². The van der Waals surface area contributed by atoms with Crippen molar-refractivity contribution < 1.29 is 4.79 Å². The molecule has 0 bridgehead atoms. The third-order valence-electron chi connectivity index (χ3n) is 4.08. The maximum atomic E-state index is 12.0. The van der Waals surface area contributed by atoms with Crippen LogP contribution in [0.1, 0.15) is 38.2 Å². The number of nitrogens with one attached hydrogen (secondary N) is 2. The van der Waals surface area contributed by atoms with Gasteiger partial charge in [0, 0.05) is 25.8 Å². The molecule has 1 atom stereocenters. The molecule has 1 aliphatic heterocycles. The highest BCUT2D eigenvalue weighted by Crippen LogP contribution is 2.25. The largest absolute Gasteiger partial charge is 0.360 e. The molecule has 1 heterocycles. The topological polar surface area (TPSA) is 44.4 Å². The highest BCUT2D eigenvalue weighted by Gasteiger charge is 2.27. The number of nitrogens with zero attached hydrogens (tertiary/aromatic N) is 1. The molecule has 0 radical (unpaired) electrons. The van der Waals surface area contributed by atoms with Crippen LogP contribution in [0.2, 0.25) is 0 Å². The van der Waals surface area contributed by atoms with E-state index in [1.165, 1.54) is 5.56 Å². The lowest BCUT2D eigenvalue weighted by atomic mass is 10.00. The van der Waals surface area contributed by atoms with Crippen molar-refractivity contribution in [1.29, 1.82) is 0 Å². The van der Waals surface area contributed by atoms with E-state index < -0.39 is 0 Å². The number of amides is 1. The number of anilines is 1. The van der Waals surface area contributed by atoms with Crippen LogP contribution in [0.5, 0.6) is 0 Å². The van der Waals surface area contributed by atoms with Crippen molar-refractivity contribution in [2.75, 3.05) is 25.0 Å². The van der Waals surface area contributed by atoms with E-state index >= 15 is 0 Å². The minimum absolute atomic E-state index is 0.0205. The van der Waals surface area contributed by atoms with Crippen molar-refractivity contribution in [2.24, 2.45) is 0 Å². The average molecular weight is 289 g/mol. The second-order valence-corrected chi connectivity index (χ2v) is 5.66. The van der Waals surface area contributed by atoms with Crippen molar-refractivity contribution in [3.05, 3.63) is 29.8 Å². The number of likely N-dealkylation sites (N-methyl/N-ethyl adjacent to an activating group) is 1. The van der Waals surface area contributed by atoms with Gasteiger partial charge in [-0.25, -0.2) is 0 Å². The van der Waals surface area contributed by atoms with Gasteiger partial charge >= 0.3 is 0 Å². The van der Waals surface area contributed by atoms with Crippen LogP contribution >= 0.6 is 0 Å². The van der Waals surface area contributed by atoms with E-state index in [9.17, 15) is 4.79 Å². The molecule has 116 valence electrons. The van der Waals surface area contributed by atoms with Crippen LogP contribution in [0.25, 0.3) is 0 Å². The van der Waals surface area contributed by atoms with E-state index in [0.29, 0.717) is 0 Å². The Labute approximate surface area is 127 Å². The SMILES string of the molecule is CCCNCc1ccc(N2CCCCC2C(=O)NC)cc1. The molecule has 0 aromatic heterocycles. The molecule has 1 fully saturated rings. The molecule has 21 heavy (non-hydrogen) atoms. The summed E-state index contributed by atoms with van der Waals surface area (Å²) >= 11 is 0. The average Bonchev–Trinajstić information content (AvgIpc) is 2.55. The zero-order valence-corrected chi connectivity index (χ0v) is 13.2. The van der Waals surface area contributed by atoms with Crippen LogP contribution in [-0.4, -0.2) is 32.1 Å². The summed E-state index contributed by atoms with van der Waals surface area (Å²) in [5.41, 5.74) is 2.45. The molecule has 1 amide bonds. The van der Waals surface area contributed by atoms with Crippen LogP contribution < -0.4 is 15.5 Å². The zero-order valence-electron chi connectivity index (χ0n) is 13.2. The first-order chi connectivity index (χ1) is 10.3. The molecule has 4 nitrogen and oxygen atoms in total. The van der Waals surface area contributed by atoms with Crippen molar-refractivity contribution in [1.82, 2.24) is 10.6 Å². The maximum Gasteiger partial charge on any atom is 0.242 e. The Kier molecular flexibility index (Phi) is 6.05. The number of rotatable bonds is 6. The first-order valence-electron chi connectivity index (χ1n) is 8.04. The monoisotopic (exact) mass is 289 g/mol. The minimum Gasteiger partial charge on any atom is -0.360 e. The van der Waals surface area contributed by atoms with E-state index in [-0.39, 0.29) is 11.9 Å². The summed E-state index contributed by atoms with van der Waals surface area (Å²) in [4.78, 5) is 14.3. The van der Waals surface area contributed by atoms with E-state index in [4.69, 9.17) is 0 Å². The van der Waals surface area contributed by atoms with Crippen molar-refractivity contribution in [3.8, 4) is 0 Å². The summed E-state index contributed by atoms with van der Waals surface area (Å²) < 4.78 is 0. The van der Waals surface area contributed by atoms with Gasteiger partial charge < -0.3 is 15.5 Å². The number of hydrogen-bond donors (Lipinski definition) is 2. The van der Waals surface area contributed by atoms with Crippen molar-refractivity contribution >= 4 is 11.6 Å². The van der Waals surface area contributed by atoms with E-state index in [0.717, 1.165) is 51.0 Å². The van der Waals surface area contributed by atoms with Crippen LogP contribution in [-0.2, 0) is 11.3 Å². The van der Waals surface area contributed by atoms with Crippen LogP contribution in [0.3, 0.4) is 0 Å². The lowest BCUT2D eigenvalue weighted by Crippen LogP contribution is -2.48. The first kappa shape index (κ1) is 15.8. The summed E-state index contributed by atoms with van der Waals surface area (Å²) in [6, 6.07) is 8.59. The van der Waals surface area contributed by atoms with Gasteiger partial charge in [0.05, 0.1) is 0 Å². The summed E-state index contributed by atoms with van der Waals surface area (Å²) in [7, 11) is 1.72. The van der Waals surface area contributed by atoms with Crippen LogP contribution in [0, 0.1) is 0 Å². The molecule has 0 saturated carbocycles. The normalized spacial score (nSPS) is 18.6. The van der Waals surface area contributed by atoms with Gasteiger partial charge in [-0.2, -0.15) is 0 Å². The van der Waals surface area contributed by atoms with Crippen LogP contribution in [0.4, 0.5) is 5.69 Å². The fourth-order valence-corrected chi connectivity index (χ4v) is 2.89. The first-order valence-corrected chi connectivity index (χ1v) is 8.04. The van der Waals surface area contributed by atoms with Gasteiger partial charge in [0.25, 0.3) is 0 Å². The minimum atomic E-state index is -0.0205. The molecule has 1 aromatic rings. The molecule has 1 aromatic carbocycles. The maximum absolute atomic E-state index is 12.0. The van der Waals surface area contributed by atoms with E-state index in [2.05, 4.69) is 46.7 Å². The number of piperidine rings is 1. The predicted molar refractivity (Wildman–Crippen MR) is 87.5 cm³/mol. The molecular formula is C17H27N3O. The molecule has 0 spiro atoms. The highest BCUT2D eigenvalue weighted by molar-refractivity contribution is 5.85. The molecule has 2 N–H and O–H groups in total. The Hall–Kier alpha value is -1.55. The zero-order chi connectivity index (χ0) is 15.1. The molecule has 1 aliphatic rings. The number of carbonyl (C=O) groups is 1. The summed E-state index contributed by atoms with van der Waals surface area (Å²) in [5, 5.41) is 6.20. The molecule has 0 aliphatic carbocycles. The van der Waals surface area contributed by atoms with Crippen molar-refractivity contribution in [2.45, 2.75) is 45.2 Å². The second kappa shape index (κ2) is 8.03. The van der Waals surface area contributed by atoms with Gasteiger partial charge in [0.1, 0.15) is 6.04 Å². The number of hydrogen-bond acceptors (Lipinski definition) is 3. The smallest absolute Gasteiger partial charge is 0.242 e. The number of carbonyl (C=O) groups excluding carboxylic acids is 1. The molecule has 1 unspecified atom stereocenters. The summed E-state index contributed by atoms with van der Waals surface area (Å²) in [6.07, 6.45) is 4.39. The quantitative estimate of drug-likeness (QED) is 0.790. The standard InChI is InChI=1S/C17H27N3O/c1-3-11-19-13-14-7-9-15(10-8-14)20-12-5-4-6-16(20)17(21)18-2/h7-10,16,19H,3-6,11-13H2,1-2H3,(H,18,21). The third-order valence-corrected chi connectivity index (χ3v) is 4.08. The Morgan fingerprint density at radius 3 is 2.71 bits per heavy atom. The van der Waals surface area contributed by atoms with Gasteiger partial charge in [0.15, 0.2) is 0 Å². The fourth-order valence-electron chi connectivity index (χ4n) is 2.89. The lowest BCUT2D eigenvalue weighted by Gasteiger charge is -2.36. The molecule has 1 saturated heterocycles. The third kappa shape index (κ3) is 4.21. The van der Waals surface area contributed by atoms with E-state index in [1.54, 1.807) is 7.05 Å². The molecule has 2 rings (SSSR count). The Morgan fingerprint density at radius 2 is 2.05 bits per heavy atom. The van der Waals surface area contributed by atoms with Gasteiger partial charge in [0.2, 0.25) is 5.91 Å². The van der Waals surface area contributed by atoms with Gasteiger partial charge in [-0.1, -0.05) is 19.1 Å². The Morgan fingerprint density at radius 1 is 1.29 bits per heavy atom. The number of benzene rings is 1. The van der Waals surface area contributed by atoms with Gasteiger partial charge in [-0.3, -0.25) is 4.79 Å². The van der Waals surface area contributed by atoms with Crippen molar-refractivity contribution in [3.63, 3.8) is 0 Å². The summed E-state index contributed by atoms with van der Waals surface area (Å²) in [6.45, 7) is 5.09. The molecule has 4 heteroatoms. The van der Waals surface area contributed by atoms with Crippen LogP contribution in [0.15, 0.2) is 24.3 Å². The Bertz CT molecular complexity index is 444. The van der Waals surface area contributed by atoms with E-state index in [1.807, 2.05) is 0 Å². The lowest BCUT2D eigenvalue weighted by molar-refractivity contribution is -0.122. The predicted octanol–water partition coefficient (Wildman–Crippen LogP) is 2.29. The highest BCUT2D eigenvalue weighted by atomic mass is 16.2. The Balaban J connectivity index is 2.03. The fraction of sp³-hybridized carbons (Fsp3) is 0.588. The van der Waals surface area contributed by atoms with Gasteiger partial charge in [-0.15, -0.1) is 0 Å². The summed E-state index contributed by atoms with van der Waals surface area (Å²) in [5.74, 6) is 0.128. The molecular weight excluding hydrogens is 262 g/mol.